The van der Waals surface area contributed by atoms with E-state index in [1.54, 1.807) is 0 Å². The Bertz CT molecular complexity index is 453. The summed E-state index contributed by atoms with van der Waals surface area (Å²) >= 11 is 1.86. The number of thiophene rings is 1. The van der Waals surface area contributed by atoms with Crippen molar-refractivity contribution >= 4 is 41.3 Å². The summed E-state index contributed by atoms with van der Waals surface area (Å²) < 4.78 is 0. The fourth-order valence-corrected chi connectivity index (χ4v) is 3.78. The summed E-state index contributed by atoms with van der Waals surface area (Å²) in [6.45, 7) is 4.44. The zero-order valence-electron chi connectivity index (χ0n) is 13.3. The Morgan fingerprint density at radius 3 is 2.73 bits per heavy atom. The predicted octanol–water partition coefficient (Wildman–Crippen LogP) is 3.08. The van der Waals surface area contributed by atoms with Gasteiger partial charge in [-0.1, -0.05) is 6.07 Å². The van der Waals surface area contributed by atoms with Crippen molar-refractivity contribution in [3.63, 3.8) is 0 Å². The van der Waals surface area contributed by atoms with Crippen molar-refractivity contribution in [3.05, 3.63) is 22.4 Å². The largest absolute Gasteiger partial charge is 0.356 e. The Kier molecular flexibility index (Phi) is 7.43. The predicted molar refractivity (Wildman–Crippen MR) is 105 cm³/mol. The molecule has 1 saturated heterocycles. The van der Waals surface area contributed by atoms with Crippen molar-refractivity contribution < 1.29 is 0 Å². The van der Waals surface area contributed by atoms with Crippen LogP contribution in [-0.4, -0.2) is 44.1 Å². The highest BCUT2D eigenvalue weighted by atomic mass is 127. The van der Waals surface area contributed by atoms with Crippen molar-refractivity contribution in [2.45, 2.75) is 31.7 Å². The zero-order valence-corrected chi connectivity index (χ0v) is 16.4. The molecule has 124 valence electrons. The summed E-state index contributed by atoms with van der Waals surface area (Å²) in [5.74, 6) is 1.82. The van der Waals surface area contributed by atoms with Gasteiger partial charge in [-0.25, -0.2) is 0 Å². The Labute approximate surface area is 154 Å². The number of hydrogen-bond acceptors (Lipinski definition) is 3. The van der Waals surface area contributed by atoms with Gasteiger partial charge < -0.3 is 10.6 Å². The normalized spacial score (nSPS) is 20.5. The molecule has 2 heterocycles. The molecule has 6 heteroatoms. The van der Waals surface area contributed by atoms with Crippen LogP contribution in [-0.2, 0) is 0 Å². The SMILES string of the molecule is CN=C(NCC1CC1)NCC(c1cccs1)N1CCCC1.I. The van der Waals surface area contributed by atoms with E-state index in [1.807, 2.05) is 18.4 Å². The Balaban J connectivity index is 0.00000176. The van der Waals surface area contributed by atoms with Gasteiger partial charge >= 0.3 is 0 Å². The van der Waals surface area contributed by atoms with Crippen LogP contribution in [0.2, 0.25) is 0 Å². The minimum atomic E-state index is 0. The molecule has 0 aromatic carbocycles. The molecule has 2 N–H and O–H groups in total. The topological polar surface area (TPSA) is 39.7 Å². The third-order valence-corrected chi connectivity index (χ3v) is 5.37. The van der Waals surface area contributed by atoms with E-state index in [4.69, 9.17) is 0 Å². The van der Waals surface area contributed by atoms with E-state index >= 15 is 0 Å². The summed E-state index contributed by atoms with van der Waals surface area (Å²) in [5.41, 5.74) is 0. The van der Waals surface area contributed by atoms with Gasteiger partial charge in [0.1, 0.15) is 0 Å². The molecule has 1 unspecified atom stereocenters. The van der Waals surface area contributed by atoms with E-state index < -0.39 is 0 Å². The number of guanidine groups is 1. The lowest BCUT2D eigenvalue weighted by molar-refractivity contribution is 0.249. The van der Waals surface area contributed by atoms with Crippen LogP contribution in [0.25, 0.3) is 0 Å². The second-order valence-electron chi connectivity index (χ2n) is 6.05. The number of likely N-dealkylation sites (tertiary alicyclic amines) is 1. The van der Waals surface area contributed by atoms with Crippen LogP contribution in [0.4, 0.5) is 0 Å². The molecular formula is C16H27IN4S. The van der Waals surface area contributed by atoms with E-state index in [0.29, 0.717) is 6.04 Å². The number of aliphatic imine (C=N–C) groups is 1. The second-order valence-corrected chi connectivity index (χ2v) is 7.03. The molecule has 22 heavy (non-hydrogen) atoms. The van der Waals surface area contributed by atoms with Crippen LogP contribution in [0.3, 0.4) is 0 Å². The van der Waals surface area contributed by atoms with Gasteiger partial charge in [0.05, 0.1) is 6.04 Å². The first kappa shape index (κ1) is 18.0. The number of rotatable bonds is 6. The van der Waals surface area contributed by atoms with Crippen LogP contribution in [0.5, 0.6) is 0 Å². The van der Waals surface area contributed by atoms with E-state index in [-0.39, 0.29) is 24.0 Å². The smallest absolute Gasteiger partial charge is 0.191 e. The molecule has 4 nitrogen and oxygen atoms in total. The van der Waals surface area contributed by atoms with Gasteiger partial charge in [0, 0.05) is 25.0 Å². The Hall–Kier alpha value is -0.340. The lowest BCUT2D eigenvalue weighted by Gasteiger charge is -2.27. The molecule has 0 bridgehead atoms. The van der Waals surface area contributed by atoms with Gasteiger partial charge in [-0.3, -0.25) is 9.89 Å². The van der Waals surface area contributed by atoms with Crippen LogP contribution >= 0.6 is 35.3 Å². The molecule has 1 aliphatic carbocycles. The molecule has 2 aliphatic rings. The van der Waals surface area contributed by atoms with Crippen molar-refractivity contribution in [1.82, 2.24) is 15.5 Å². The third-order valence-electron chi connectivity index (χ3n) is 4.39. The molecule has 1 aromatic heterocycles. The van der Waals surface area contributed by atoms with E-state index in [2.05, 4.69) is 38.0 Å². The van der Waals surface area contributed by atoms with E-state index in [1.165, 1.54) is 43.6 Å². The maximum Gasteiger partial charge on any atom is 0.191 e. The average molecular weight is 434 g/mol. The lowest BCUT2D eigenvalue weighted by Crippen LogP contribution is -2.43. The van der Waals surface area contributed by atoms with Crippen molar-refractivity contribution in [2.75, 3.05) is 33.2 Å². The van der Waals surface area contributed by atoms with Crippen LogP contribution in [0.15, 0.2) is 22.5 Å². The standard InChI is InChI=1S/C16H26N4S.HI/c1-17-16(18-11-13-6-7-13)19-12-14(15-5-4-10-21-15)20-8-2-3-9-20;/h4-5,10,13-14H,2-3,6-9,11-12H2,1H3,(H2,17,18,19);1H. The first-order valence-electron chi connectivity index (χ1n) is 8.09. The minimum Gasteiger partial charge on any atom is -0.356 e. The molecule has 3 rings (SSSR count). The Morgan fingerprint density at radius 2 is 2.14 bits per heavy atom. The monoisotopic (exact) mass is 434 g/mol. The van der Waals surface area contributed by atoms with Gasteiger partial charge in [-0.2, -0.15) is 0 Å². The van der Waals surface area contributed by atoms with E-state index in [9.17, 15) is 0 Å². The van der Waals surface area contributed by atoms with Crippen molar-refractivity contribution in [2.24, 2.45) is 10.9 Å². The van der Waals surface area contributed by atoms with Crippen LogP contribution in [0, 0.1) is 5.92 Å². The highest BCUT2D eigenvalue weighted by molar-refractivity contribution is 14.0. The number of nitrogens with zero attached hydrogens (tertiary/aromatic N) is 2. The first-order valence-corrected chi connectivity index (χ1v) is 8.97. The first-order chi connectivity index (χ1) is 10.4. The van der Waals surface area contributed by atoms with Gasteiger partial charge in [0.2, 0.25) is 0 Å². The molecule has 1 aliphatic heterocycles. The third kappa shape index (κ3) is 5.09. The number of nitrogens with one attached hydrogen (secondary N) is 2. The molecule has 0 spiro atoms. The van der Waals surface area contributed by atoms with Gasteiger partial charge in [-0.15, -0.1) is 35.3 Å². The molecular weight excluding hydrogens is 407 g/mol. The molecule has 1 saturated carbocycles. The highest BCUT2D eigenvalue weighted by Crippen LogP contribution is 2.28. The molecule has 1 atom stereocenters. The maximum atomic E-state index is 4.35. The molecule has 1 aromatic rings. The number of hydrogen-bond donors (Lipinski definition) is 2. The van der Waals surface area contributed by atoms with Gasteiger partial charge in [0.25, 0.3) is 0 Å². The van der Waals surface area contributed by atoms with Crippen LogP contribution in [0.1, 0.15) is 36.6 Å². The summed E-state index contributed by atoms with van der Waals surface area (Å²) in [6.07, 6.45) is 5.40. The summed E-state index contributed by atoms with van der Waals surface area (Å²) in [4.78, 5) is 8.41. The average Bonchev–Trinajstić information content (AvgIpc) is 2.97. The van der Waals surface area contributed by atoms with Crippen molar-refractivity contribution in [1.29, 1.82) is 0 Å². The fourth-order valence-electron chi connectivity index (χ4n) is 2.92. The van der Waals surface area contributed by atoms with Gasteiger partial charge in [-0.05, 0) is 56.1 Å². The van der Waals surface area contributed by atoms with Crippen LogP contribution < -0.4 is 10.6 Å². The Morgan fingerprint density at radius 1 is 1.36 bits per heavy atom. The van der Waals surface area contributed by atoms with Crippen molar-refractivity contribution in [3.8, 4) is 0 Å². The molecule has 0 amide bonds. The quantitative estimate of drug-likeness (QED) is 0.411. The number of halogens is 1. The maximum absolute atomic E-state index is 4.35. The second kappa shape index (κ2) is 9.08. The molecule has 0 radical (unpaired) electrons. The fraction of sp³-hybridized carbons (Fsp3) is 0.688. The lowest BCUT2D eigenvalue weighted by atomic mass is 10.2. The minimum absolute atomic E-state index is 0. The van der Waals surface area contributed by atoms with E-state index in [0.717, 1.165) is 25.0 Å². The summed E-state index contributed by atoms with van der Waals surface area (Å²) in [5, 5.41) is 9.15. The highest BCUT2D eigenvalue weighted by Gasteiger charge is 2.25. The van der Waals surface area contributed by atoms with Gasteiger partial charge in [0.15, 0.2) is 5.96 Å². The zero-order chi connectivity index (χ0) is 14.5. The summed E-state index contributed by atoms with van der Waals surface area (Å²) in [7, 11) is 1.86. The molecule has 2 fully saturated rings. The summed E-state index contributed by atoms with van der Waals surface area (Å²) in [6, 6.07) is 4.89.